The van der Waals surface area contributed by atoms with Crippen LogP contribution in [0.4, 0.5) is 0 Å². The molecule has 0 aliphatic carbocycles. The average molecular weight is 250 g/mol. The topological polar surface area (TPSA) is 38.5 Å². The molecule has 0 fully saturated rings. The van der Waals surface area contributed by atoms with E-state index in [2.05, 4.69) is 45.7 Å². The van der Waals surface area contributed by atoms with Crippen LogP contribution in [0, 0.1) is 13.8 Å². The highest BCUT2D eigenvalue weighted by molar-refractivity contribution is 5.43. The number of nitrogens with zero attached hydrogens (tertiary/aromatic N) is 1. The normalized spacial score (nSPS) is 12.0. The van der Waals surface area contributed by atoms with Crippen LogP contribution >= 0.6 is 0 Å². The van der Waals surface area contributed by atoms with E-state index in [0.29, 0.717) is 6.54 Å². The molecule has 3 nitrogen and oxygen atoms in total. The molecule has 0 aliphatic heterocycles. The summed E-state index contributed by atoms with van der Waals surface area (Å²) in [4.78, 5) is 2.29. The Morgan fingerprint density at radius 3 is 2.33 bits per heavy atom. The first-order valence-electron chi connectivity index (χ1n) is 6.38. The summed E-state index contributed by atoms with van der Waals surface area (Å²) < 4.78 is 5.34. The maximum absolute atomic E-state index is 5.81. The number of methoxy groups -OCH3 is 1. The summed E-state index contributed by atoms with van der Waals surface area (Å²) >= 11 is 0. The standard InChI is InChI=1S/C15H26N2O/c1-11-12(2)14(18-6)8-7-13(11)9-17(5)15(3,4)10-16/h7-8H,9-10,16H2,1-6H3. The van der Waals surface area contributed by atoms with Crippen molar-refractivity contribution in [2.75, 3.05) is 20.7 Å². The summed E-state index contributed by atoms with van der Waals surface area (Å²) in [5.41, 5.74) is 9.67. The minimum atomic E-state index is 0.0142. The lowest BCUT2D eigenvalue weighted by Crippen LogP contribution is -2.46. The fourth-order valence-electron chi connectivity index (χ4n) is 1.87. The van der Waals surface area contributed by atoms with Crippen molar-refractivity contribution in [3.8, 4) is 5.75 Å². The Labute approximate surface area is 111 Å². The van der Waals surface area contributed by atoms with Crippen LogP contribution in [0.15, 0.2) is 12.1 Å². The lowest BCUT2D eigenvalue weighted by Gasteiger charge is -2.35. The van der Waals surface area contributed by atoms with Crippen LogP contribution in [0.3, 0.4) is 0 Å². The second kappa shape index (κ2) is 5.72. The summed E-state index contributed by atoms with van der Waals surface area (Å²) in [6.45, 7) is 10.1. The average Bonchev–Trinajstić information content (AvgIpc) is 2.35. The van der Waals surface area contributed by atoms with Gasteiger partial charge in [-0.25, -0.2) is 0 Å². The Morgan fingerprint density at radius 1 is 1.22 bits per heavy atom. The van der Waals surface area contributed by atoms with Crippen molar-refractivity contribution in [3.05, 3.63) is 28.8 Å². The van der Waals surface area contributed by atoms with Gasteiger partial charge < -0.3 is 10.5 Å². The van der Waals surface area contributed by atoms with E-state index in [1.54, 1.807) is 7.11 Å². The number of benzene rings is 1. The Morgan fingerprint density at radius 2 is 1.83 bits per heavy atom. The van der Waals surface area contributed by atoms with Gasteiger partial charge in [-0.3, -0.25) is 4.90 Å². The molecule has 0 heterocycles. The van der Waals surface area contributed by atoms with Gasteiger partial charge in [-0.15, -0.1) is 0 Å². The fourth-order valence-corrected chi connectivity index (χ4v) is 1.87. The first kappa shape index (κ1) is 15.0. The van der Waals surface area contributed by atoms with Gasteiger partial charge in [0.2, 0.25) is 0 Å². The third-order valence-electron chi connectivity index (χ3n) is 4.01. The zero-order chi connectivity index (χ0) is 13.9. The zero-order valence-electron chi connectivity index (χ0n) is 12.5. The van der Waals surface area contributed by atoms with Gasteiger partial charge in [-0.2, -0.15) is 0 Å². The van der Waals surface area contributed by atoms with Crippen molar-refractivity contribution < 1.29 is 4.74 Å². The van der Waals surface area contributed by atoms with Gasteiger partial charge in [0.05, 0.1) is 7.11 Å². The van der Waals surface area contributed by atoms with Gasteiger partial charge in [-0.05, 0) is 57.5 Å². The smallest absolute Gasteiger partial charge is 0.122 e. The molecule has 0 radical (unpaired) electrons. The minimum absolute atomic E-state index is 0.0142. The van der Waals surface area contributed by atoms with Crippen LogP contribution in [-0.2, 0) is 6.54 Å². The number of likely N-dealkylation sites (N-methyl/N-ethyl adjacent to an activating group) is 1. The summed E-state index contributed by atoms with van der Waals surface area (Å²) in [6.07, 6.45) is 0. The first-order chi connectivity index (χ1) is 8.33. The molecular formula is C15H26N2O. The molecule has 0 spiro atoms. The van der Waals surface area contributed by atoms with Crippen LogP contribution in [0.5, 0.6) is 5.75 Å². The Balaban J connectivity index is 2.96. The van der Waals surface area contributed by atoms with E-state index < -0.39 is 0 Å². The van der Waals surface area contributed by atoms with E-state index >= 15 is 0 Å². The van der Waals surface area contributed by atoms with E-state index in [1.165, 1.54) is 16.7 Å². The molecule has 1 aromatic carbocycles. The molecular weight excluding hydrogens is 224 g/mol. The third-order valence-corrected chi connectivity index (χ3v) is 4.01. The maximum Gasteiger partial charge on any atom is 0.122 e. The molecule has 2 N–H and O–H groups in total. The van der Waals surface area contributed by atoms with E-state index in [-0.39, 0.29) is 5.54 Å². The van der Waals surface area contributed by atoms with E-state index in [0.717, 1.165) is 12.3 Å². The molecule has 0 bridgehead atoms. The third kappa shape index (κ3) is 3.03. The first-order valence-corrected chi connectivity index (χ1v) is 6.38. The molecule has 0 aromatic heterocycles. The molecule has 0 saturated heterocycles. The number of hydrogen-bond acceptors (Lipinski definition) is 3. The second-order valence-corrected chi connectivity index (χ2v) is 5.55. The number of ether oxygens (including phenoxy) is 1. The Bertz CT molecular complexity index is 413. The quantitative estimate of drug-likeness (QED) is 0.872. The molecule has 0 aliphatic rings. The molecule has 0 saturated carbocycles. The van der Waals surface area contributed by atoms with Crippen molar-refractivity contribution in [2.45, 2.75) is 39.8 Å². The maximum atomic E-state index is 5.81. The van der Waals surface area contributed by atoms with Crippen LogP contribution < -0.4 is 10.5 Å². The summed E-state index contributed by atoms with van der Waals surface area (Å²) in [5, 5.41) is 0. The van der Waals surface area contributed by atoms with Crippen molar-refractivity contribution in [1.82, 2.24) is 4.90 Å². The van der Waals surface area contributed by atoms with Gasteiger partial charge >= 0.3 is 0 Å². The van der Waals surface area contributed by atoms with Crippen molar-refractivity contribution in [3.63, 3.8) is 0 Å². The van der Waals surface area contributed by atoms with Crippen LogP contribution in [0.1, 0.15) is 30.5 Å². The molecule has 1 aromatic rings. The van der Waals surface area contributed by atoms with Crippen LogP contribution in [-0.4, -0.2) is 31.1 Å². The van der Waals surface area contributed by atoms with Gasteiger partial charge in [0, 0.05) is 18.6 Å². The lowest BCUT2D eigenvalue weighted by atomic mass is 9.99. The number of rotatable bonds is 5. The highest BCUT2D eigenvalue weighted by Crippen LogP contribution is 2.25. The molecule has 102 valence electrons. The largest absolute Gasteiger partial charge is 0.496 e. The molecule has 1 rings (SSSR count). The van der Waals surface area contributed by atoms with Crippen molar-refractivity contribution in [2.24, 2.45) is 5.73 Å². The van der Waals surface area contributed by atoms with E-state index in [4.69, 9.17) is 10.5 Å². The second-order valence-electron chi connectivity index (χ2n) is 5.55. The van der Waals surface area contributed by atoms with Crippen LogP contribution in [0.25, 0.3) is 0 Å². The molecule has 18 heavy (non-hydrogen) atoms. The van der Waals surface area contributed by atoms with Gasteiger partial charge in [0.25, 0.3) is 0 Å². The predicted octanol–water partition coefficient (Wildman–Crippen LogP) is 2.48. The Hall–Kier alpha value is -1.06. The van der Waals surface area contributed by atoms with E-state index in [1.807, 2.05) is 6.07 Å². The molecule has 0 atom stereocenters. The predicted molar refractivity (Wildman–Crippen MR) is 77.1 cm³/mol. The fraction of sp³-hybridized carbons (Fsp3) is 0.600. The van der Waals surface area contributed by atoms with Gasteiger partial charge in [0.15, 0.2) is 0 Å². The SMILES string of the molecule is COc1ccc(CN(C)C(C)(C)CN)c(C)c1C. The molecule has 0 amide bonds. The van der Waals surface area contributed by atoms with Crippen LogP contribution in [0.2, 0.25) is 0 Å². The van der Waals surface area contributed by atoms with Crippen molar-refractivity contribution in [1.29, 1.82) is 0 Å². The van der Waals surface area contributed by atoms with Gasteiger partial charge in [0.1, 0.15) is 5.75 Å². The highest BCUT2D eigenvalue weighted by Gasteiger charge is 2.22. The Kier molecular flexibility index (Phi) is 4.77. The highest BCUT2D eigenvalue weighted by atomic mass is 16.5. The summed E-state index contributed by atoms with van der Waals surface area (Å²) in [6, 6.07) is 4.19. The number of nitrogens with two attached hydrogens (primary N) is 1. The lowest BCUT2D eigenvalue weighted by molar-refractivity contribution is 0.155. The van der Waals surface area contributed by atoms with E-state index in [9.17, 15) is 0 Å². The van der Waals surface area contributed by atoms with Gasteiger partial charge in [-0.1, -0.05) is 6.07 Å². The number of hydrogen-bond donors (Lipinski definition) is 1. The summed E-state index contributed by atoms with van der Waals surface area (Å²) in [7, 11) is 3.83. The summed E-state index contributed by atoms with van der Waals surface area (Å²) in [5.74, 6) is 0.956. The minimum Gasteiger partial charge on any atom is -0.496 e. The zero-order valence-corrected chi connectivity index (χ0v) is 12.5. The molecule has 0 unspecified atom stereocenters. The molecule has 3 heteroatoms. The monoisotopic (exact) mass is 250 g/mol. The van der Waals surface area contributed by atoms with Crippen molar-refractivity contribution >= 4 is 0 Å².